The van der Waals surface area contributed by atoms with Crippen LogP contribution in [0, 0.1) is 0 Å². The fourth-order valence-corrected chi connectivity index (χ4v) is 2.09. The maximum atomic E-state index is 11.8. The topological polar surface area (TPSA) is 99.1 Å². The first-order valence-corrected chi connectivity index (χ1v) is 7.95. The van der Waals surface area contributed by atoms with E-state index in [9.17, 15) is 19.5 Å². The molecule has 0 aliphatic rings. The van der Waals surface area contributed by atoms with Crippen LogP contribution in [-0.2, 0) is 14.3 Å². The molecule has 0 amide bonds. The Hall–Kier alpha value is -2.57. The monoisotopic (exact) mass is 368 g/mol. The first kappa shape index (κ1) is 23.4. The summed E-state index contributed by atoms with van der Waals surface area (Å²) in [5, 5.41) is 9.18. The van der Waals surface area contributed by atoms with E-state index in [0.29, 0.717) is 12.8 Å². The summed E-state index contributed by atoms with van der Waals surface area (Å²) < 4.78 is 15.4. The van der Waals surface area contributed by atoms with Crippen molar-refractivity contribution in [3.8, 4) is 5.75 Å². The van der Waals surface area contributed by atoms with Gasteiger partial charge < -0.3 is 19.3 Å². The molecule has 26 heavy (non-hydrogen) atoms. The van der Waals surface area contributed by atoms with Gasteiger partial charge in [-0.25, -0.2) is 9.59 Å². The molecule has 1 aromatic rings. The molecule has 1 rings (SSSR count). The van der Waals surface area contributed by atoms with Crippen molar-refractivity contribution < 1.29 is 33.7 Å². The number of carboxylic acid groups (broad SMARTS) is 1. The van der Waals surface area contributed by atoms with E-state index in [4.69, 9.17) is 9.47 Å². The summed E-state index contributed by atoms with van der Waals surface area (Å²) in [6.07, 6.45) is 1.37. The van der Waals surface area contributed by atoms with Gasteiger partial charge in [-0.15, -0.1) is 0 Å². The second kappa shape index (κ2) is 10.4. The zero-order valence-electron chi connectivity index (χ0n) is 15.0. The number of aromatic carboxylic acids is 1. The molecule has 0 saturated heterocycles. The fraction of sp³-hybridized carbons (Fsp3) is 0.526. The number of hydrogen-bond acceptors (Lipinski definition) is 6. The van der Waals surface area contributed by atoms with Crippen LogP contribution < -0.4 is 4.74 Å². The first-order chi connectivity index (χ1) is 11.7. The van der Waals surface area contributed by atoms with E-state index >= 15 is 0 Å². The summed E-state index contributed by atoms with van der Waals surface area (Å²) in [5.41, 5.74) is -0.817. The lowest BCUT2D eigenvalue weighted by Gasteiger charge is -2.19. The summed E-state index contributed by atoms with van der Waals surface area (Å²) in [6, 6.07) is 4.31. The number of carbonyl (C=O) groups excluding carboxylic acids is 2. The van der Waals surface area contributed by atoms with Crippen LogP contribution in [0.3, 0.4) is 0 Å². The number of carboxylic acids is 1. The minimum Gasteiger partial charge on any atom is -0.493 e. The van der Waals surface area contributed by atoms with Gasteiger partial charge in [-0.05, 0) is 45.7 Å². The molecule has 0 aliphatic heterocycles. The Bertz CT molecular complexity index is 629. The Morgan fingerprint density at radius 1 is 1.12 bits per heavy atom. The number of unbranched alkanes of at least 4 members (excludes halogenated alkanes) is 1. The van der Waals surface area contributed by atoms with Gasteiger partial charge in [0.1, 0.15) is 16.9 Å². The second-order valence-electron chi connectivity index (χ2n) is 6.37. The molecule has 0 heterocycles. The van der Waals surface area contributed by atoms with Gasteiger partial charge in [-0.1, -0.05) is 13.5 Å². The predicted octanol–water partition coefficient (Wildman–Crippen LogP) is 3.70. The maximum Gasteiger partial charge on any atom is 0.342 e. The third kappa shape index (κ3) is 7.55. The minimum absolute atomic E-state index is 0. The minimum atomic E-state index is -1.24. The van der Waals surface area contributed by atoms with Crippen molar-refractivity contribution in [2.24, 2.45) is 0 Å². The summed E-state index contributed by atoms with van der Waals surface area (Å²) in [4.78, 5) is 34.7. The van der Waals surface area contributed by atoms with Gasteiger partial charge in [0.05, 0.1) is 19.3 Å². The molecule has 7 heteroatoms. The number of rotatable bonds is 8. The normalized spacial score (nSPS) is 10.5. The standard InChI is InChI=1S/C18H24O7.CH4/c1-18(2,3)25-14(19)10-5-6-11-24-13-9-7-8-12(16(20)21)15(13)17(22)23-4;/h7-9H,5-6,10-11H2,1-4H3,(H,20,21);1H4. The highest BCUT2D eigenvalue weighted by molar-refractivity contribution is 6.04. The van der Waals surface area contributed by atoms with E-state index in [1.807, 2.05) is 0 Å². The van der Waals surface area contributed by atoms with Gasteiger partial charge >= 0.3 is 17.9 Å². The SMILES string of the molecule is C.COC(=O)c1c(OCCCCC(=O)OC(C)(C)C)cccc1C(=O)O. The zero-order chi connectivity index (χ0) is 19.0. The molecule has 7 nitrogen and oxygen atoms in total. The van der Waals surface area contributed by atoms with Gasteiger partial charge in [0.25, 0.3) is 0 Å². The molecule has 0 unspecified atom stereocenters. The smallest absolute Gasteiger partial charge is 0.342 e. The average Bonchev–Trinajstić information content (AvgIpc) is 2.51. The van der Waals surface area contributed by atoms with Gasteiger partial charge in [0.2, 0.25) is 0 Å². The lowest BCUT2D eigenvalue weighted by Crippen LogP contribution is -2.23. The van der Waals surface area contributed by atoms with Crippen LogP contribution in [0.1, 0.15) is 68.2 Å². The van der Waals surface area contributed by atoms with E-state index in [-0.39, 0.29) is 43.3 Å². The molecule has 1 N–H and O–H groups in total. The maximum absolute atomic E-state index is 11.8. The molecule has 0 radical (unpaired) electrons. The molecule has 146 valence electrons. The molecule has 0 bridgehead atoms. The van der Waals surface area contributed by atoms with E-state index < -0.39 is 17.5 Å². The molecular formula is C19H28O7. The number of esters is 2. The molecule has 1 aromatic carbocycles. The molecule has 0 saturated carbocycles. The van der Waals surface area contributed by atoms with Crippen molar-refractivity contribution in [1.82, 2.24) is 0 Å². The second-order valence-corrected chi connectivity index (χ2v) is 6.37. The number of benzene rings is 1. The van der Waals surface area contributed by atoms with Crippen LogP contribution in [0.2, 0.25) is 0 Å². The summed E-state index contributed by atoms with van der Waals surface area (Å²) in [5.74, 6) is -2.16. The Balaban J connectivity index is 0.00000625. The van der Waals surface area contributed by atoms with Gasteiger partial charge in [0, 0.05) is 6.42 Å². The van der Waals surface area contributed by atoms with E-state index in [1.54, 1.807) is 20.8 Å². The van der Waals surface area contributed by atoms with E-state index in [2.05, 4.69) is 4.74 Å². The van der Waals surface area contributed by atoms with Crippen LogP contribution in [0.4, 0.5) is 0 Å². The Morgan fingerprint density at radius 3 is 2.31 bits per heavy atom. The Morgan fingerprint density at radius 2 is 1.77 bits per heavy atom. The van der Waals surface area contributed by atoms with Crippen molar-refractivity contribution in [3.05, 3.63) is 29.3 Å². The van der Waals surface area contributed by atoms with E-state index in [1.165, 1.54) is 25.3 Å². The summed E-state index contributed by atoms with van der Waals surface area (Å²) in [6.45, 7) is 5.64. The van der Waals surface area contributed by atoms with Crippen molar-refractivity contribution in [1.29, 1.82) is 0 Å². The third-order valence-corrected chi connectivity index (χ3v) is 3.10. The molecular weight excluding hydrogens is 340 g/mol. The third-order valence-electron chi connectivity index (χ3n) is 3.10. The largest absolute Gasteiger partial charge is 0.493 e. The highest BCUT2D eigenvalue weighted by Crippen LogP contribution is 2.24. The van der Waals surface area contributed by atoms with Crippen LogP contribution in [0.5, 0.6) is 5.75 Å². The Kier molecular flexibility index (Phi) is 9.40. The van der Waals surface area contributed by atoms with E-state index in [0.717, 1.165) is 0 Å². The number of hydrogen-bond donors (Lipinski definition) is 1. The molecule has 0 fully saturated rings. The summed E-state index contributed by atoms with van der Waals surface area (Å²) in [7, 11) is 1.17. The molecule has 0 atom stereocenters. The number of carbonyl (C=O) groups is 3. The summed E-state index contributed by atoms with van der Waals surface area (Å²) >= 11 is 0. The lowest BCUT2D eigenvalue weighted by atomic mass is 10.1. The molecule has 0 aliphatic carbocycles. The predicted molar refractivity (Wildman–Crippen MR) is 96.7 cm³/mol. The van der Waals surface area contributed by atoms with Crippen LogP contribution in [0.25, 0.3) is 0 Å². The highest BCUT2D eigenvalue weighted by Gasteiger charge is 2.22. The van der Waals surface area contributed by atoms with Gasteiger partial charge in [0.15, 0.2) is 0 Å². The Labute approximate surface area is 154 Å². The number of ether oxygens (including phenoxy) is 3. The van der Waals surface area contributed by atoms with Crippen molar-refractivity contribution in [3.63, 3.8) is 0 Å². The molecule has 0 spiro atoms. The first-order valence-electron chi connectivity index (χ1n) is 7.95. The van der Waals surface area contributed by atoms with Crippen molar-refractivity contribution in [2.75, 3.05) is 13.7 Å². The zero-order valence-corrected chi connectivity index (χ0v) is 15.0. The average molecular weight is 368 g/mol. The van der Waals surface area contributed by atoms with Crippen LogP contribution in [0.15, 0.2) is 18.2 Å². The molecule has 0 aromatic heterocycles. The quantitative estimate of drug-likeness (QED) is 0.552. The van der Waals surface area contributed by atoms with Gasteiger partial charge in [-0.2, -0.15) is 0 Å². The van der Waals surface area contributed by atoms with Crippen molar-refractivity contribution >= 4 is 17.9 Å². The van der Waals surface area contributed by atoms with Gasteiger partial charge in [-0.3, -0.25) is 4.79 Å². The fourth-order valence-electron chi connectivity index (χ4n) is 2.09. The lowest BCUT2D eigenvalue weighted by molar-refractivity contribution is -0.154. The van der Waals surface area contributed by atoms with Crippen LogP contribution in [-0.4, -0.2) is 42.3 Å². The highest BCUT2D eigenvalue weighted by atomic mass is 16.6. The van der Waals surface area contributed by atoms with Crippen molar-refractivity contribution in [2.45, 2.75) is 53.1 Å². The van der Waals surface area contributed by atoms with Crippen LogP contribution >= 0.6 is 0 Å². The number of methoxy groups -OCH3 is 1.